The van der Waals surface area contributed by atoms with E-state index < -0.39 is 17.8 Å². The maximum Gasteiger partial charge on any atom is 0.515 e. The van der Waals surface area contributed by atoms with E-state index >= 15 is 0 Å². The Morgan fingerprint density at radius 3 is 2.62 bits per heavy atom. The lowest BCUT2D eigenvalue weighted by atomic mass is 9.86. The first-order valence-corrected chi connectivity index (χ1v) is 8.66. The van der Waals surface area contributed by atoms with Gasteiger partial charge in [-0.1, -0.05) is 36.4 Å². The first-order chi connectivity index (χ1) is 12.3. The topological polar surface area (TPSA) is 65.1 Å². The van der Waals surface area contributed by atoms with Crippen LogP contribution in [-0.4, -0.2) is 29.4 Å². The smallest absolute Gasteiger partial charge is 0.443 e. The molecule has 26 heavy (non-hydrogen) atoms. The van der Waals surface area contributed by atoms with Crippen molar-refractivity contribution in [2.75, 3.05) is 6.61 Å². The van der Waals surface area contributed by atoms with Crippen LogP contribution in [0.25, 0.3) is 6.08 Å². The highest BCUT2D eigenvalue weighted by Crippen LogP contribution is 2.45. The second-order valence-electron chi connectivity index (χ2n) is 7.15. The molecule has 0 N–H and O–H groups in total. The number of hydrogen-bond donors (Lipinski definition) is 0. The molecular formula is C20H23NO5. The fourth-order valence-corrected chi connectivity index (χ4v) is 3.13. The molecule has 2 aliphatic rings. The van der Waals surface area contributed by atoms with Gasteiger partial charge in [0, 0.05) is 5.92 Å². The van der Waals surface area contributed by atoms with Gasteiger partial charge in [0.1, 0.15) is 5.60 Å². The number of ether oxygens (including phenoxy) is 3. The van der Waals surface area contributed by atoms with E-state index in [0.717, 1.165) is 11.1 Å². The largest absolute Gasteiger partial charge is 0.515 e. The summed E-state index contributed by atoms with van der Waals surface area (Å²) >= 11 is 0. The van der Waals surface area contributed by atoms with E-state index in [1.54, 1.807) is 33.8 Å². The zero-order chi connectivity index (χ0) is 18.9. The molecule has 0 aromatic heterocycles. The van der Waals surface area contributed by atoms with Gasteiger partial charge in [0.2, 0.25) is 5.88 Å². The maximum atomic E-state index is 12.9. The van der Waals surface area contributed by atoms with Gasteiger partial charge in [0.25, 0.3) is 0 Å². The molecule has 0 saturated carbocycles. The Morgan fingerprint density at radius 1 is 1.19 bits per heavy atom. The van der Waals surface area contributed by atoms with E-state index in [4.69, 9.17) is 14.2 Å². The van der Waals surface area contributed by atoms with Crippen molar-refractivity contribution < 1.29 is 23.8 Å². The molecule has 0 spiro atoms. The van der Waals surface area contributed by atoms with Crippen molar-refractivity contribution in [3.05, 3.63) is 53.4 Å². The highest BCUT2D eigenvalue weighted by molar-refractivity contribution is 5.75. The third kappa shape index (κ3) is 3.59. The van der Waals surface area contributed by atoms with Crippen molar-refractivity contribution in [2.24, 2.45) is 5.92 Å². The lowest BCUT2D eigenvalue weighted by Crippen LogP contribution is -2.39. The van der Waals surface area contributed by atoms with Gasteiger partial charge in [-0.25, -0.2) is 14.5 Å². The fourth-order valence-electron chi connectivity index (χ4n) is 3.13. The molecule has 138 valence electrons. The molecule has 1 amide bonds. The van der Waals surface area contributed by atoms with Crippen LogP contribution in [0.1, 0.15) is 44.9 Å². The summed E-state index contributed by atoms with van der Waals surface area (Å²) in [5.74, 6) is 0.0240. The van der Waals surface area contributed by atoms with Crippen LogP contribution in [0.3, 0.4) is 0 Å². The van der Waals surface area contributed by atoms with E-state index in [1.807, 2.05) is 36.4 Å². The summed E-state index contributed by atoms with van der Waals surface area (Å²) in [6, 6.07) is 7.50. The first-order valence-electron chi connectivity index (χ1n) is 8.66. The Balaban J connectivity index is 1.96. The zero-order valence-electron chi connectivity index (χ0n) is 15.4. The molecule has 2 atom stereocenters. The number of nitrogens with zero attached hydrogens (tertiary/aromatic N) is 1. The lowest BCUT2D eigenvalue weighted by molar-refractivity contribution is 0.00707. The predicted octanol–water partition coefficient (Wildman–Crippen LogP) is 4.64. The van der Waals surface area contributed by atoms with Crippen molar-refractivity contribution in [1.82, 2.24) is 4.90 Å². The number of carbonyl (C=O) groups is 2. The second-order valence-corrected chi connectivity index (χ2v) is 7.15. The van der Waals surface area contributed by atoms with Crippen molar-refractivity contribution in [1.29, 1.82) is 0 Å². The maximum absolute atomic E-state index is 12.9. The minimum absolute atomic E-state index is 0.109. The van der Waals surface area contributed by atoms with Gasteiger partial charge < -0.3 is 14.2 Å². The van der Waals surface area contributed by atoms with Gasteiger partial charge in [-0.05, 0) is 44.9 Å². The summed E-state index contributed by atoms with van der Waals surface area (Å²) < 4.78 is 15.7. The van der Waals surface area contributed by atoms with Gasteiger partial charge >= 0.3 is 12.2 Å². The summed E-state index contributed by atoms with van der Waals surface area (Å²) in [5, 5.41) is 0. The van der Waals surface area contributed by atoms with Crippen LogP contribution >= 0.6 is 0 Å². The van der Waals surface area contributed by atoms with Gasteiger partial charge in [-0.2, -0.15) is 0 Å². The summed E-state index contributed by atoms with van der Waals surface area (Å²) in [7, 11) is 0. The average molecular weight is 357 g/mol. The van der Waals surface area contributed by atoms with Crippen LogP contribution in [-0.2, 0) is 14.2 Å². The standard InChI is InChI=1S/C20H23NO5/c1-5-24-19(23)25-16-12-14-11-10-13-8-6-7-9-15(13)17(14)21(16)18(22)26-20(2,3)4/h6-12,14,17H,5H2,1-4H3/t14-,17+/m1/s1. The normalized spacial score (nSPS) is 20.8. The Kier molecular flexibility index (Phi) is 4.76. The second kappa shape index (κ2) is 6.86. The average Bonchev–Trinajstić information content (AvgIpc) is 2.91. The summed E-state index contributed by atoms with van der Waals surface area (Å²) in [4.78, 5) is 26.1. The van der Waals surface area contributed by atoms with Crippen molar-refractivity contribution in [2.45, 2.75) is 39.3 Å². The molecular weight excluding hydrogens is 334 g/mol. The highest BCUT2D eigenvalue weighted by atomic mass is 16.7. The van der Waals surface area contributed by atoms with E-state index in [9.17, 15) is 9.59 Å². The van der Waals surface area contributed by atoms with Crippen LogP contribution in [0.15, 0.2) is 42.3 Å². The number of amides is 1. The highest BCUT2D eigenvalue weighted by Gasteiger charge is 2.44. The summed E-state index contributed by atoms with van der Waals surface area (Å²) in [6.07, 6.45) is 4.34. The van der Waals surface area contributed by atoms with Crippen molar-refractivity contribution in [3.63, 3.8) is 0 Å². The summed E-state index contributed by atoms with van der Waals surface area (Å²) in [5.41, 5.74) is 1.33. The van der Waals surface area contributed by atoms with Crippen LogP contribution in [0.2, 0.25) is 0 Å². The monoisotopic (exact) mass is 357 g/mol. The van der Waals surface area contributed by atoms with Crippen LogP contribution < -0.4 is 0 Å². The van der Waals surface area contributed by atoms with Crippen LogP contribution in [0, 0.1) is 5.92 Å². The molecule has 6 heteroatoms. The molecule has 1 aliphatic carbocycles. The number of rotatable bonds is 2. The predicted molar refractivity (Wildman–Crippen MR) is 96.0 cm³/mol. The van der Waals surface area contributed by atoms with Crippen LogP contribution in [0.4, 0.5) is 9.59 Å². The molecule has 0 radical (unpaired) electrons. The van der Waals surface area contributed by atoms with E-state index in [-0.39, 0.29) is 24.4 Å². The Morgan fingerprint density at radius 2 is 1.92 bits per heavy atom. The third-order valence-corrected chi connectivity index (χ3v) is 4.07. The number of carbonyl (C=O) groups excluding carboxylic acids is 2. The fraction of sp³-hybridized carbons (Fsp3) is 0.400. The SMILES string of the molecule is CCOC(=O)OC1=C[C@H]2C=Cc3ccccc3[C@H]2N1C(=O)OC(C)(C)C. The molecule has 1 aromatic rings. The lowest BCUT2D eigenvalue weighted by Gasteiger charge is -2.33. The van der Waals surface area contributed by atoms with Crippen LogP contribution in [0.5, 0.6) is 0 Å². The zero-order valence-corrected chi connectivity index (χ0v) is 15.4. The molecule has 1 aliphatic heterocycles. The van der Waals surface area contributed by atoms with Gasteiger partial charge in [-0.3, -0.25) is 0 Å². The van der Waals surface area contributed by atoms with Gasteiger partial charge in [-0.15, -0.1) is 0 Å². The minimum Gasteiger partial charge on any atom is -0.443 e. The quantitative estimate of drug-likeness (QED) is 0.722. The van der Waals surface area contributed by atoms with E-state index in [1.165, 1.54) is 4.90 Å². The molecule has 6 nitrogen and oxygen atoms in total. The molecule has 0 fully saturated rings. The number of benzene rings is 1. The van der Waals surface area contributed by atoms with E-state index in [0.29, 0.717) is 0 Å². The molecule has 0 unspecified atom stereocenters. The first kappa shape index (κ1) is 18.0. The summed E-state index contributed by atoms with van der Waals surface area (Å²) in [6.45, 7) is 7.26. The molecule has 3 rings (SSSR count). The van der Waals surface area contributed by atoms with Gasteiger partial charge in [0.15, 0.2) is 0 Å². The molecule has 1 heterocycles. The van der Waals surface area contributed by atoms with Crippen molar-refractivity contribution >= 4 is 18.3 Å². The van der Waals surface area contributed by atoms with E-state index in [2.05, 4.69) is 0 Å². The molecule has 1 aromatic carbocycles. The number of fused-ring (bicyclic) bond motifs is 3. The third-order valence-electron chi connectivity index (χ3n) is 4.07. The minimum atomic E-state index is -0.844. The van der Waals surface area contributed by atoms with Crippen molar-refractivity contribution in [3.8, 4) is 0 Å². The Bertz CT molecular complexity index is 775. The van der Waals surface area contributed by atoms with Gasteiger partial charge in [0.05, 0.1) is 12.6 Å². The molecule has 0 saturated heterocycles. The Hall–Kier alpha value is -2.76. The molecule has 0 bridgehead atoms. The Labute approximate surface area is 153 Å². The number of hydrogen-bond acceptors (Lipinski definition) is 5.